The third kappa shape index (κ3) is 3.46. The Hall–Kier alpha value is -0.770. The molecule has 1 fully saturated rings. The molecule has 0 aromatic heterocycles. The first-order valence-corrected chi connectivity index (χ1v) is 7.78. The average Bonchev–Trinajstić information content (AvgIpc) is 2.45. The van der Waals surface area contributed by atoms with Crippen LogP contribution in [0.25, 0.3) is 0 Å². The average molecular weight is 296 g/mol. The zero-order valence-corrected chi connectivity index (χ0v) is 13.7. The van der Waals surface area contributed by atoms with Crippen LogP contribution in [-0.2, 0) is 0 Å². The van der Waals surface area contributed by atoms with Crippen molar-refractivity contribution in [1.29, 1.82) is 0 Å². The fourth-order valence-corrected chi connectivity index (χ4v) is 3.22. The van der Waals surface area contributed by atoms with E-state index < -0.39 is 0 Å². The summed E-state index contributed by atoms with van der Waals surface area (Å²) in [5.41, 5.74) is 2.37. The Kier molecular flexibility index (Phi) is 5.30. The molecule has 0 spiro atoms. The third-order valence-corrected chi connectivity index (χ3v) is 4.73. The van der Waals surface area contributed by atoms with Crippen molar-refractivity contribution in [2.24, 2.45) is 0 Å². The summed E-state index contributed by atoms with van der Waals surface area (Å²) in [4.78, 5) is 4.74. The summed E-state index contributed by atoms with van der Waals surface area (Å²) in [5, 5.41) is 4.09. The van der Waals surface area contributed by atoms with Gasteiger partial charge in [0.2, 0.25) is 0 Å². The van der Waals surface area contributed by atoms with E-state index >= 15 is 0 Å². The minimum atomic E-state index is 0.327. The second kappa shape index (κ2) is 6.79. The zero-order valence-electron chi connectivity index (χ0n) is 13.0. The quantitative estimate of drug-likeness (QED) is 0.920. The number of likely N-dealkylation sites (N-methyl/N-ethyl adjacent to an activating group) is 2. The maximum atomic E-state index is 6.50. The molecule has 1 aliphatic heterocycles. The van der Waals surface area contributed by atoms with Crippen LogP contribution in [0.2, 0.25) is 5.02 Å². The van der Waals surface area contributed by atoms with Crippen LogP contribution in [0.15, 0.2) is 18.2 Å². The van der Waals surface area contributed by atoms with Crippen LogP contribution in [0, 0.1) is 0 Å². The van der Waals surface area contributed by atoms with Crippen LogP contribution in [0.4, 0.5) is 5.69 Å². The van der Waals surface area contributed by atoms with Gasteiger partial charge in [-0.1, -0.05) is 17.7 Å². The normalized spacial score (nSPS) is 21.8. The number of benzene rings is 1. The zero-order chi connectivity index (χ0) is 14.7. The highest BCUT2D eigenvalue weighted by molar-refractivity contribution is 6.33. The van der Waals surface area contributed by atoms with Gasteiger partial charge in [-0.25, -0.2) is 0 Å². The lowest BCUT2D eigenvalue weighted by Crippen LogP contribution is -2.45. The first-order valence-electron chi connectivity index (χ1n) is 7.41. The molecule has 0 radical (unpaired) electrons. The van der Waals surface area contributed by atoms with Crippen molar-refractivity contribution in [2.45, 2.75) is 31.8 Å². The van der Waals surface area contributed by atoms with E-state index in [9.17, 15) is 0 Å². The van der Waals surface area contributed by atoms with Crippen molar-refractivity contribution < 1.29 is 0 Å². The standard InChI is InChI=1S/C16H26ClN3/c1-12(18-2)13-7-8-16(15(17)10-13)20(4)14-6-5-9-19(3)11-14/h7-8,10,12,14,18H,5-6,9,11H2,1-4H3. The number of hydrogen-bond donors (Lipinski definition) is 1. The molecule has 0 bridgehead atoms. The fraction of sp³-hybridized carbons (Fsp3) is 0.625. The van der Waals surface area contributed by atoms with E-state index in [1.54, 1.807) is 0 Å². The van der Waals surface area contributed by atoms with E-state index in [4.69, 9.17) is 11.6 Å². The number of hydrogen-bond acceptors (Lipinski definition) is 3. The summed E-state index contributed by atoms with van der Waals surface area (Å²) in [6.07, 6.45) is 2.50. The highest BCUT2D eigenvalue weighted by Gasteiger charge is 2.22. The van der Waals surface area contributed by atoms with Crippen LogP contribution in [0.1, 0.15) is 31.4 Å². The van der Waals surface area contributed by atoms with E-state index in [2.05, 4.69) is 54.3 Å². The lowest BCUT2D eigenvalue weighted by Gasteiger charge is -2.37. The van der Waals surface area contributed by atoms with E-state index in [-0.39, 0.29) is 0 Å². The molecule has 3 nitrogen and oxygen atoms in total. The van der Waals surface area contributed by atoms with Gasteiger partial charge < -0.3 is 15.1 Å². The number of likely N-dealkylation sites (tertiary alicyclic amines) is 1. The van der Waals surface area contributed by atoms with Crippen molar-refractivity contribution >= 4 is 17.3 Å². The molecule has 1 saturated heterocycles. The first kappa shape index (κ1) is 15.6. The van der Waals surface area contributed by atoms with Gasteiger partial charge in [-0.3, -0.25) is 0 Å². The lowest BCUT2D eigenvalue weighted by molar-refractivity contribution is 0.248. The molecule has 1 aliphatic rings. The minimum absolute atomic E-state index is 0.327. The Morgan fingerprint density at radius 3 is 2.80 bits per heavy atom. The van der Waals surface area contributed by atoms with Gasteiger partial charge in [0.25, 0.3) is 0 Å². The number of halogens is 1. The molecule has 0 amide bonds. The fourth-order valence-electron chi connectivity index (χ4n) is 2.90. The van der Waals surface area contributed by atoms with Gasteiger partial charge in [0.15, 0.2) is 0 Å². The number of piperidine rings is 1. The summed E-state index contributed by atoms with van der Waals surface area (Å²) in [6, 6.07) is 7.29. The summed E-state index contributed by atoms with van der Waals surface area (Å²) in [6.45, 7) is 4.46. The molecule has 2 atom stereocenters. The van der Waals surface area contributed by atoms with Crippen molar-refractivity contribution in [3.05, 3.63) is 28.8 Å². The summed E-state index contributed by atoms with van der Waals surface area (Å²) in [7, 11) is 6.32. The van der Waals surface area contributed by atoms with Gasteiger partial charge >= 0.3 is 0 Å². The van der Waals surface area contributed by atoms with Crippen molar-refractivity contribution in [3.8, 4) is 0 Å². The Morgan fingerprint density at radius 1 is 1.45 bits per heavy atom. The number of rotatable bonds is 4. The Labute approximate surface area is 127 Å². The molecule has 2 unspecified atom stereocenters. The van der Waals surface area contributed by atoms with Crippen molar-refractivity contribution in [2.75, 3.05) is 39.1 Å². The van der Waals surface area contributed by atoms with Crippen LogP contribution >= 0.6 is 11.6 Å². The molecule has 2 rings (SSSR count). The Bertz CT molecular complexity index is 449. The second-order valence-corrected chi connectivity index (χ2v) is 6.30. The Balaban J connectivity index is 2.15. The molecule has 1 heterocycles. The number of anilines is 1. The molecule has 0 aliphatic carbocycles. The lowest BCUT2D eigenvalue weighted by atomic mass is 10.0. The summed E-state index contributed by atoms with van der Waals surface area (Å²) in [5.74, 6) is 0. The number of nitrogens with one attached hydrogen (secondary N) is 1. The van der Waals surface area contributed by atoms with Crippen LogP contribution in [0.5, 0.6) is 0 Å². The predicted molar refractivity (Wildman–Crippen MR) is 87.8 cm³/mol. The second-order valence-electron chi connectivity index (χ2n) is 5.89. The van der Waals surface area contributed by atoms with E-state index in [1.165, 1.54) is 24.9 Å². The largest absolute Gasteiger partial charge is 0.369 e. The van der Waals surface area contributed by atoms with Crippen LogP contribution in [0.3, 0.4) is 0 Å². The van der Waals surface area contributed by atoms with Gasteiger partial charge in [-0.2, -0.15) is 0 Å². The number of nitrogens with zero attached hydrogens (tertiary/aromatic N) is 2. The van der Waals surface area contributed by atoms with Gasteiger partial charge in [0.05, 0.1) is 10.7 Å². The molecule has 20 heavy (non-hydrogen) atoms. The van der Waals surface area contributed by atoms with Gasteiger partial charge in [-0.05, 0) is 58.1 Å². The predicted octanol–water partition coefficient (Wildman–Crippen LogP) is 3.15. The van der Waals surface area contributed by atoms with Crippen molar-refractivity contribution in [3.63, 3.8) is 0 Å². The molecule has 1 N–H and O–H groups in total. The maximum absolute atomic E-state index is 6.50. The summed E-state index contributed by atoms with van der Waals surface area (Å²) < 4.78 is 0. The van der Waals surface area contributed by atoms with E-state index in [1.807, 2.05) is 7.05 Å². The molecule has 1 aromatic rings. The van der Waals surface area contributed by atoms with E-state index in [0.717, 1.165) is 17.3 Å². The molecule has 112 valence electrons. The monoisotopic (exact) mass is 295 g/mol. The van der Waals surface area contributed by atoms with Gasteiger partial charge in [0, 0.05) is 25.7 Å². The smallest absolute Gasteiger partial charge is 0.0642 e. The minimum Gasteiger partial charge on any atom is -0.369 e. The molecule has 1 aromatic carbocycles. The molecular weight excluding hydrogens is 270 g/mol. The maximum Gasteiger partial charge on any atom is 0.0642 e. The summed E-state index contributed by atoms with van der Waals surface area (Å²) >= 11 is 6.50. The first-order chi connectivity index (χ1) is 9.52. The Morgan fingerprint density at radius 2 is 2.20 bits per heavy atom. The third-order valence-electron chi connectivity index (χ3n) is 4.43. The molecule has 4 heteroatoms. The van der Waals surface area contributed by atoms with Gasteiger partial charge in [0.1, 0.15) is 0 Å². The molecular formula is C16H26ClN3. The topological polar surface area (TPSA) is 18.5 Å². The van der Waals surface area contributed by atoms with Crippen LogP contribution in [-0.4, -0.2) is 45.2 Å². The highest BCUT2D eigenvalue weighted by Crippen LogP contribution is 2.31. The van der Waals surface area contributed by atoms with E-state index in [0.29, 0.717) is 12.1 Å². The molecule has 0 saturated carbocycles. The highest BCUT2D eigenvalue weighted by atomic mass is 35.5. The van der Waals surface area contributed by atoms with Crippen molar-refractivity contribution in [1.82, 2.24) is 10.2 Å². The van der Waals surface area contributed by atoms with Crippen LogP contribution < -0.4 is 10.2 Å². The SMILES string of the molecule is CNC(C)c1ccc(N(C)C2CCCN(C)C2)c(Cl)c1. The van der Waals surface area contributed by atoms with Gasteiger partial charge in [-0.15, -0.1) is 0 Å².